The van der Waals surface area contributed by atoms with Crippen LogP contribution in [0.5, 0.6) is 5.75 Å². The summed E-state index contributed by atoms with van der Waals surface area (Å²) in [6, 6.07) is 14.8. The summed E-state index contributed by atoms with van der Waals surface area (Å²) in [5, 5.41) is 2.78. The molecule has 0 heterocycles. The van der Waals surface area contributed by atoms with Gasteiger partial charge in [0.05, 0.1) is 13.4 Å². The number of rotatable bonds is 9. The Hall–Kier alpha value is -2.38. The van der Waals surface area contributed by atoms with Gasteiger partial charge in [0.15, 0.2) is 0 Å². The van der Waals surface area contributed by atoms with Gasteiger partial charge in [-0.25, -0.2) is 12.7 Å². The molecule has 2 aromatic carbocycles. The number of hydrogen-bond donors (Lipinski definition) is 1. The molecule has 0 radical (unpaired) electrons. The van der Waals surface area contributed by atoms with Crippen LogP contribution in [0.1, 0.15) is 21.5 Å². The van der Waals surface area contributed by atoms with Crippen molar-refractivity contribution in [3.63, 3.8) is 0 Å². The lowest BCUT2D eigenvalue weighted by molar-refractivity contribution is 0.0951. The Balaban J connectivity index is 1.89. The molecule has 0 fully saturated rings. The Bertz CT molecular complexity index is 864. The largest absolute Gasteiger partial charge is 0.497 e. The van der Waals surface area contributed by atoms with Crippen molar-refractivity contribution in [2.75, 3.05) is 33.0 Å². The molecule has 1 N–H and O–H groups in total. The van der Waals surface area contributed by atoms with Crippen LogP contribution in [0.3, 0.4) is 0 Å². The van der Waals surface area contributed by atoms with E-state index >= 15 is 0 Å². The maximum atomic E-state index is 12.2. The molecule has 0 atom stereocenters. The molecule has 27 heavy (non-hydrogen) atoms. The summed E-state index contributed by atoms with van der Waals surface area (Å²) in [6.07, 6.45) is 1.77. The fourth-order valence-corrected chi connectivity index (χ4v) is 3.52. The molecule has 0 bridgehead atoms. The Labute approximate surface area is 161 Å². The van der Waals surface area contributed by atoms with Crippen LogP contribution in [0.25, 0.3) is 0 Å². The van der Waals surface area contributed by atoms with E-state index in [4.69, 9.17) is 4.74 Å². The SMILES string of the molecule is COc1ccc(CCN(CCNC(=O)c2cccc(C)c2)S(C)(=O)=O)cc1. The molecule has 0 aliphatic heterocycles. The first kappa shape index (κ1) is 20.9. The topological polar surface area (TPSA) is 75.7 Å². The Morgan fingerprint density at radius 3 is 2.41 bits per heavy atom. The van der Waals surface area contributed by atoms with Gasteiger partial charge in [-0.15, -0.1) is 0 Å². The van der Waals surface area contributed by atoms with E-state index in [2.05, 4.69) is 5.32 Å². The zero-order chi connectivity index (χ0) is 19.9. The average molecular weight is 391 g/mol. The molecule has 0 unspecified atom stereocenters. The number of carbonyl (C=O) groups is 1. The second-order valence-electron chi connectivity index (χ2n) is 6.39. The Morgan fingerprint density at radius 1 is 1.11 bits per heavy atom. The highest BCUT2D eigenvalue weighted by molar-refractivity contribution is 7.88. The number of methoxy groups -OCH3 is 1. The third-order valence-electron chi connectivity index (χ3n) is 4.20. The molecule has 1 amide bonds. The lowest BCUT2D eigenvalue weighted by atomic mass is 10.1. The molecule has 7 heteroatoms. The van der Waals surface area contributed by atoms with Gasteiger partial charge in [0.25, 0.3) is 5.91 Å². The number of benzene rings is 2. The molecule has 0 aliphatic carbocycles. The van der Waals surface area contributed by atoms with Crippen molar-refractivity contribution in [2.45, 2.75) is 13.3 Å². The van der Waals surface area contributed by atoms with Crippen molar-refractivity contribution in [1.82, 2.24) is 9.62 Å². The van der Waals surface area contributed by atoms with Gasteiger partial charge in [-0.1, -0.05) is 29.8 Å². The molecule has 2 rings (SSSR count). The summed E-state index contributed by atoms with van der Waals surface area (Å²) >= 11 is 0. The van der Waals surface area contributed by atoms with E-state index in [0.29, 0.717) is 18.5 Å². The average Bonchev–Trinajstić information content (AvgIpc) is 2.63. The normalized spacial score (nSPS) is 11.4. The van der Waals surface area contributed by atoms with Crippen molar-refractivity contribution in [3.8, 4) is 5.75 Å². The third kappa shape index (κ3) is 6.69. The van der Waals surface area contributed by atoms with Crippen LogP contribution in [0.2, 0.25) is 0 Å². The Kier molecular flexibility index (Phi) is 7.38. The van der Waals surface area contributed by atoms with Crippen molar-refractivity contribution < 1.29 is 17.9 Å². The van der Waals surface area contributed by atoms with E-state index in [1.807, 2.05) is 43.3 Å². The number of sulfonamides is 1. The van der Waals surface area contributed by atoms with Gasteiger partial charge in [0.1, 0.15) is 5.75 Å². The van der Waals surface area contributed by atoms with Gasteiger partial charge in [-0.3, -0.25) is 4.79 Å². The number of nitrogens with one attached hydrogen (secondary N) is 1. The molecular formula is C20H26N2O4S. The van der Waals surface area contributed by atoms with Gasteiger partial charge in [0.2, 0.25) is 10.0 Å². The monoisotopic (exact) mass is 390 g/mol. The van der Waals surface area contributed by atoms with E-state index < -0.39 is 10.0 Å². The first-order valence-electron chi connectivity index (χ1n) is 8.72. The van der Waals surface area contributed by atoms with E-state index in [0.717, 1.165) is 16.9 Å². The molecule has 0 saturated carbocycles. The summed E-state index contributed by atoms with van der Waals surface area (Å²) in [6.45, 7) is 2.75. The summed E-state index contributed by atoms with van der Waals surface area (Å²) < 4.78 is 30.6. The van der Waals surface area contributed by atoms with E-state index in [9.17, 15) is 13.2 Å². The molecule has 0 aromatic heterocycles. The van der Waals surface area contributed by atoms with Gasteiger partial charge < -0.3 is 10.1 Å². The van der Waals surface area contributed by atoms with Crippen molar-refractivity contribution >= 4 is 15.9 Å². The molecule has 2 aromatic rings. The minimum absolute atomic E-state index is 0.206. The standard InChI is InChI=1S/C20H26N2O4S/c1-16-5-4-6-18(15-16)20(23)21-12-14-22(27(3,24)25)13-11-17-7-9-19(26-2)10-8-17/h4-10,15H,11-14H2,1-3H3,(H,21,23). The van der Waals surface area contributed by atoms with Gasteiger partial charge in [-0.05, 0) is 43.2 Å². The van der Waals surface area contributed by atoms with Crippen molar-refractivity contribution in [3.05, 3.63) is 65.2 Å². The zero-order valence-electron chi connectivity index (χ0n) is 15.9. The first-order chi connectivity index (χ1) is 12.8. The minimum atomic E-state index is -3.36. The smallest absolute Gasteiger partial charge is 0.251 e. The van der Waals surface area contributed by atoms with E-state index in [1.54, 1.807) is 19.2 Å². The number of amides is 1. The number of aryl methyl sites for hydroxylation is 1. The highest BCUT2D eigenvalue weighted by Crippen LogP contribution is 2.12. The first-order valence-corrected chi connectivity index (χ1v) is 10.6. The van der Waals surface area contributed by atoms with Gasteiger partial charge in [-0.2, -0.15) is 0 Å². The number of nitrogens with zero attached hydrogens (tertiary/aromatic N) is 1. The molecule has 0 saturated heterocycles. The zero-order valence-corrected chi connectivity index (χ0v) is 16.8. The van der Waals surface area contributed by atoms with Crippen LogP contribution >= 0.6 is 0 Å². The number of ether oxygens (including phenoxy) is 1. The van der Waals surface area contributed by atoms with Crippen LogP contribution < -0.4 is 10.1 Å². The second-order valence-corrected chi connectivity index (χ2v) is 8.37. The van der Waals surface area contributed by atoms with Crippen LogP contribution in [0, 0.1) is 6.92 Å². The predicted octanol–water partition coefficient (Wildman–Crippen LogP) is 2.24. The second kappa shape index (κ2) is 9.53. The van der Waals surface area contributed by atoms with E-state index in [-0.39, 0.29) is 19.0 Å². The summed E-state index contributed by atoms with van der Waals surface area (Å²) in [7, 11) is -1.76. The highest BCUT2D eigenvalue weighted by atomic mass is 32.2. The van der Waals surface area contributed by atoms with Crippen LogP contribution in [0.15, 0.2) is 48.5 Å². The van der Waals surface area contributed by atoms with Gasteiger partial charge in [0, 0.05) is 25.2 Å². The third-order valence-corrected chi connectivity index (χ3v) is 5.51. The fraction of sp³-hybridized carbons (Fsp3) is 0.350. The summed E-state index contributed by atoms with van der Waals surface area (Å²) in [5.41, 5.74) is 2.59. The van der Waals surface area contributed by atoms with E-state index in [1.165, 1.54) is 10.6 Å². The highest BCUT2D eigenvalue weighted by Gasteiger charge is 2.16. The number of carbonyl (C=O) groups excluding carboxylic acids is 1. The maximum absolute atomic E-state index is 12.2. The summed E-state index contributed by atoms with van der Waals surface area (Å²) in [5.74, 6) is 0.555. The molecule has 0 aliphatic rings. The lowest BCUT2D eigenvalue weighted by Crippen LogP contribution is -2.39. The molecule has 6 nitrogen and oxygen atoms in total. The van der Waals surface area contributed by atoms with Crippen molar-refractivity contribution in [2.24, 2.45) is 0 Å². The minimum Gasteiger partial charge on any atom is -0.497 e. The Morgan fingerprint density at radius 2 is 1.81 bits per heavy atom. The van der Waals surface area contributed by atoms with Crippen molar-refractivity contribution in [1.29, 1.82) is 0 Å². The molecule has 0 spiro atoms. The molecular weight excluding hydrogens is 364 g/mol. The van der Waals surface area contributed by atoms with Crippen LogP contribution in [-0.4, -0.2) is 51.6 Å². The number of hydrogen-bond acceptors (Lipinski definition) is 4. The lowest BCUT2D eigenvalue weighted by Gasteiger charge is -2.20. The molecule has 146 valence electrons. The quantitative estimate of drug-likeness (QED) is 0.712. The summed E-state index contributed by atoms with van der Waals surface area (Å²) in [4.78, 5) is 12.2. The maximum Gasteiger partial charge on any atom is 0.251 e. The fourth-order valence-electron chi connectivity index (χ4n) is 2.67. The van der Waals surface area contributed by atoms with Crippen LogP contribution in [0.4, 0.5) is 0 Å². The predicted molar refractivity (Wildman–Crippen MR) is 107 cm³/mol. The van der Waals surface area contributed by atoms with Gasteiger partial charge >= 0.3 is 0 Å². The van der Waals surface area contributed by atoms with Crippen LogP contribution in [-0.2, 0) is 16.4 Å².